The number of aromatic nitrogens is 3. The average molecular weight is 294 g/mol. The van der Waals surface area contributed by atoms with Crippen LogP contribution in [0.15, 0.2) is 30.3 Å². The molecule has 0 aliphatic heterocycles. The average Bonchev–Trinajstić information content (AvgIpc) is 3.03. The van der Waals surface area contributed by atoms with Gasteiger partial charge in [-0.1, -0.05) is 17.7 Å². The van der Waals surface area contributed by atoms with Crippen molar-refractivity contribution in [1.29, 1.82) is 0 Å². The van der Waals surface area contributed by atoms with Gasteiger partial charge in [-0.05, 0) is 24.3 Å². The second kappa shape index (κ2) is 4.64. The largest absolute Gasteiger partial charge is 0.464 e. The maximum absolute atomic E-state index is 11.8. The van der Waals surface area contributed by atoms with E-state index in [2.05, 4.69) is 10.2 Å². The lowest BCUT2D eigenvalue weighted by Gasteiger charge is -2.04. The zero-order valence-corrected chi connectivity index (χ0v) is 11.4. The monoisotopic (exact) mass is 293 g/mol. The van der Waals surface area contributed by atoms with E-state index < -0.39 is 5.97 Å². The Hall–Kier alpha value is -1.92. The summed E-state index contributed by atoms with van der Waals surface area (Å²) < 4.78 is 7.09. The molecule has 3 aromatic heterocycles. The predicted octanol–water partition coefficient (Wildman–Crippen LogP) is 2.90. The molecule has 0 saturated carbocycles. The number of ether oxygens (including phenoxy) is 1. The Morgan fingerprint density at radius 3 is 2.84 bits per heavy atom. The molecule has 0 amide bonds. The zero-order chi connectivity index (χ0) is 13.4. The van der Waals surface area contributed by atoms with Crippen molar-refractivity contribution in [3.63, 3.8) is 0 Å². The van der Waals surface area contributed by atoms with Crippen molar-refractivity contribution in [2.75, 3.05) is 7.11 Å². The molecule has 0 saturated heterocycles. The molecule has 0 N–H and O–H groups in total. The highest BCUT2D eigenvalue weighted by Gasteiger charge is 2.17. The van der Waals surface area contributed by atoms with E-state index in [-0.39, 0.29) is 0 Å². The molecule has 5 nitrogen and oxygen atoms in total. The summed E-state index contributed by atoms with van der Waals surface area (Å²) in [6.07, 6.45) is 0. The van der Waals surface area contributed by atoms with Gasteiger partial charge in [-0.25, -0.2) is 4.79 Å². The SMILES string of the molecule is COC(=O)c1cccc2nnc(-c3ccc(Cl)s3)n12. The molecule has 0 atom stereocenters. The fourth-order valence-electron chi connectivity index (χ4n) is 1.80. The lowest BCUT2D eigenvalue weighted by Crippen LogP contribution is -2.08. The number of halogens is 1. The Bertz CT molecular complexity index is 765. The summed E-state index contributed by atoms with van der Waals surface area (Å²) in [6.45, 7) is 0. The molecule has 3 rings (SSSR count). The van der Waals surface area contributed by atoms with Crippen LogP contribution in [0.4, 0.5) is 0 Å². The molecule has 0 radical (unpaired) electrons. The Kier molecular flexibility index (Phi) is 2.96. The molecule has 3 heterocycles. The highest BCUT2D eigenvalue weighted by atomic mass is 35.5. The van der Waals surface area contributed by atoms with Crippen LogP contribution in [0.5, 0.6) is 0 Å². The van der Waals surface area contributed by atoms with Crippen LogP contribution in [0.3, 0.4) is 0 Å². The van der Waals surface area contributed by atoms with E-state index in [1.165, 1.54) is 18.4 Å². The van der Waals surface area contributed by atoms with Crippen LogP contribution in [-0.2, 0) is 4.74 Å². The number of hydrogen-bond acceptors (Lipinski definition) is 5. The summed E-state index contributed by atoms with van der Waals surface area (Å²) in [5.74, 6) is 0.141. The Balaban J connectivity index is 2.29. The van der Waals surface area contributed by atoms with Gasteiger partial charge in [-0.2, -0.15) is 0 Å². The molecule has 0 aromatic carbocycles. The minimum Gasteiger partial charge on any atom is -0.464 e. The number of carbonyl (C=O) groups is 1. The molecule has 0 bridgehead atoms. The third-order valence-corrected chi connectivity index (χ3v) is 3.84. The van der Waals surface area contributed by atoms with E-state index in [1.54, 1.807) is 28.7 Å². The smallest absolute Gasteiger partial charge is 0.355 e. The Morgan fingerprint density at radius 2 is 2.16 bits per heavy atom. The standard InChI is InChI=1S/C12H8ClN3O2S/c1-18-12(17)7-3-2-4-10-14-15-11(16(7)10)8-5-6-9(13)19-8/h2-6H,1H3. The maximum atomic E-state index is 11.8. The number of fused-ring (bicyclic) bond motifs is 1. The minimum absolute atomic E-state index is 0.379. The van der Waals surface area contributed by atoms with Gasteiger partial charge in [0.1, 0.15) is 5.69 Å². The van der Waals surface area contributed by atoms with Crippen molar-refractivity contribution in [2.45, 2.75) is 0 Å². The van der Waals surface area contributed by atoms with Crippen LogP contribution < -0.4 is 0 Å². The van der Waals surface area contributed by atoms with Gasteiger partial charge in [-0.15, -0.1) is 21.5 Å². The zero-order valence-electron chi connectivity index (χ0n) is 9.83. The first-order chi connectivity index (χ1) is 9.20. The molecular formula is C12H8ClN3O2S. The van der Waals surface area contributed by atoms with Gasteiger partial charge in [0.05, 0.1) is 16.3 Å². The molecule has 0 aliphatic rings. The van der Waals surface area contributed by atoms with Crippen molar-refractivity contribution in [2.24, 2.45) is 0 Å². The summed E-state index contributed by atoms with van der Waals surface area (Å²) in [6, 6.07) is 8.81. The summed E-state index contributed by atoms with van der Waals surface area (Å²) in [4.78, 5) is 12.6. The summed E-state index contributed by atoms with van der Waals surface area (Å²) in [7, 11) is 1.34. The fourth-order valence-corrected chi connectivity index (χ4v) is 2.82. The van der Waals surface area contributed by atoms with Crippen molar-refractivity contribution < 1.29 is 9.53 Å². The van der Waals surface area contributed by atoms with Gasteiger partial charge in [0.2, 0.25) is 0 Å². The van der Waals surface area contributed by atoms with Gasteiger partial charge in [0.25, 0.3) is 0 Å². The van der Waals surface area contributed by atoms with E-state index in [4.69, 9.17) is 16.3 Å². The van der Waals surface area contributed by atoms with E-state index in [1.807, 2.05) is 6.07 Å². The van der Waals surface area contributed by atoms with E-state index in [0.717, 1.165) is 4.88 Å². The van der Waals surface area contributed by atoms with E-state index in [9.17, 15) is 4.79 Å². The second-order valence-corrected chi connectivity index (χ2v) is 5.44. The fraction of sp³-hybridized carbons (Fsp3) is 0.0833. The van der Waals surface area contributed by atoms with Crippen molar-refractivity contribution in [1.82, 2.24) is 14.6 Å². The van der Waals surface area contributed by atoms with E-state index >= 15 is 0 Å². The van der Waals surface area contributed by atoms with Crippen molar-refractivity contribution in [3.8, 4) is 10.7 Å². The molecule has 0 fully saturated rings. The quantitative estimate of drug-likeness (QED) is 0.682. The molecule has 0 unspecified atom stereocenters. The third-order valence-electron chi connectivity index (χ3n) is 2.62. The summed E-state index contributed by atoms with van der Waals surface area (Å²) in [5, 5.41) is 8.16. The molecule has 0 aliphatic carbocycles. The first-order valence-electron chi connectivity index (χ1n) is 5.39. The van der Waals surface area contributed by atoms with Gasteiger partial charge < -0.3 is 4.74 Å². The van der Waals surface area contributed by atoms with Gasteiger partial charge in [-0.3, -0.25) is 4.40 Å². The lowest BCUT2D eigenvalue weighted by atomic mass is 10.3. The van der Waals surface area contributed by atoms with Crippen LogP contribution in [0, 0.1) is 0 Å². The molecule has 3 aromatic rings. The van der Waals surface area contributed by atoms with Gasteiger partial charge in [0, 0.05) is 0 Å². The molecule has 96 valence electrons. The van der Waals surface area contributed by atoms with Crippen LogP contribution in [0.25, 0.3) is 16.3 Å². The van der Waals surface area contributed by atoms with Crippen LogP contribution in [0.2, 0.25) is 4.34 Å². The molecule has 0 spiro atoms. The Morgan fingerprint density at radius 1 is 1.32 bits per heavy atom. The van der Waals surface area contributed by atoms with Gasteiger partial charge >= 0.3 is 5.97 Å². The lowest BCUT2D eigenvalue weighted by molar-refractivity contribution is 0.0592. The molecular weight excluding hydrogens is 286 g/mol. The topological polar surface area (TPSA) is 56.5 Å². The van der Waals surface area contributed by atoms with Crippen LogP contribution >= 0.6 is 22.9 Å². The first-order valence-corrected chi connectivity index (χ1v) is 6.58. The number of thiophene rings is 1. The number of hydrogen-bond donors (Lipinski definition) is 0. The van der Waals surface area contributed by atoms with Crippen molar-refractivity contribution >= 4 is 34.6 Å². The van der Waals surface area contributed by atoms with Crippen LogP contribution in [-0.4, -0.2) is 27.7 Å². The molecule has 7 heteroatoms. The highest BCUT2D eigenvalue weighted by Crippen LogP contribution is 2.30. The number of esters is 1. The summed E-state index contributed by atoms with van der Waals surface area (Å²) >= 11 is 7.31. The third kappa shape index (κ3) is 1.98. The van der Waals surface area contributed by atoms with Crippen LogP contribution in [0.1, 0.15) is 10.5 Å². The predicted molar refractivity (Wildman–Crippen MR) is 72.6 cm³/mol. The number of methoxy groups -OCH3 is 1. The number of carbonyl (C=O) groups excluding carboxylic acids is 1. The second-order valence-electron chi connectivity index (χ2n) is 3.72. The first kappa shape index (κ1) is 12.1. The minimum atomic E-state index is -0.436. The van der Waals surface area contributed by atoms with Crippen molar-refractivity contribution in [3.05, 3.63) is 40.4 Å². The van der Waals surface area contributed by atoms with E-state index in [0.29, 0.717) is 21.5 Å². The summed E-state index contributed by atoms with van der Waals surface area (Å²) in [5.41, 5.74) is 0.965. The number of pyridine rings is 1. The maximum Gasteiger partial charge on any atom is 0.355 e. The number of rotatable bonds is 2. The highest BCUT2D eigenvalue weighted by molar-refractivity contribution is 7.19. The Labute approximate surface area is 117 Å². The normalized spacial score (nSPS) is 10.8. The number of nitrogens with zero attached hydrogens (tertiary/aromatic N) is 3. The molecule has 19 heavy (non-hydrogen) atoms. The van der Waals surface area contributed by atoms with Gasteiger partial charge in [0.15, 0.2) is 11.5 Å².